The first kappa shape index (κ1) is 22.6. The molecule has 2 N–H and O–H groups in total. The molecule has 0 aromatic heterocycles. The van der Waals surface area contributed by atoms with Gasteiger partial charge in [-0.25, -0.2) is 4.79 Å². The van der Waals surface area contributed by atoms with Crippen LogP contribution in [-0.2, 0) is 23.9 Å². The van der Waals surface area contributed by atoms with Gasteiger partial charge < -0.3 is 20.1 Å². The Morgan fingerprint density at radius 3 is 2.23 bits per heavy atom. The Kier molecular flexibility index (Phi) is 8.10. The van der Waals surface area contributed by atoms with Crippen molar-refractivity contribution in [3.8, 4) is 0 Å². The SMILES string of the molecule is COC(=O)c1ccc(NC(=O)COC(=O)CCC(=O)Nc2cc(C)ccc2C)cc1. The van der Waals surface area contributed by atoms with Crippen LogP contribution in [0.1, 0.15) is 34.3 Å². The fraction of sp³-hybridized carbons (Fsp3) is 0.273. The smallest absolute Gasteiger partial charge is 0.337 e. The fourth-order valence-corrected chi connectivity index (χ4v) is 2.52. The summed E-state index contributed by atoms with van der Waals surface area (Å²) in [6.07, 6.45) is -0.194. The second-order valence-electron chi connectivity index (χ2n) is 6.64. The molecule has 0 heterocycles. The van der Waals surface area contributed by atoms with Crippen molar-refractivity contribution in [2.75, 3.05) is 24.4 Å². The Morgan fingerprint density at radius 1 is 0.867 bits per heavy atom. The lowest BCUT2D eigenvalue weighted by Gasteiger charge is -2.09. The van der Waals surface area contributed by atoms with E-state index in [4.69, 9.17) is 4.74 Å². The third-order valence-corrected chi connectivity index (χ3v) is 4.18. The van der Waals surface area contributed by atoms with E-state index in [1.54, 1.807) is 0 Å². The molecule has 158 valence electrons. The van der Waals surface area contributed by atoms with Crippen LogP contribution >= 0.6 is 0 Å². The van der Waals surface area contributed by atoms with Gasteiger partial charge in [0.05, 0.1) is 19.1 Å². The van der Waals surface area contributed by atoms with Crippen molar-refractivity contribution < 1.29 is 28.7 Å². The van der Waals surface area contributed by atoms with Crippen LogP contribution in [0.15, 0.2) is 42.5 Å². The first-order chi connectivity index (χ1) is 14.3. The number of esters is 2. The van der Waals surface area contributed by atoms with E-state index in [1.807, 2.05) is 32.0 Å². The van der Waals surface area contributed by atoms with Crippen LogP contribution in [0.5, 0.6) is 0 Å². The van der Waals surface area contributed by atoms with Crippen molar-refractivity contribution >= 4 is 35.1 Å². The Hall–Kier alpha value is -3.68. The lowest BCUT2D eigenvalue weighted by molar-refractivity contribution is -0.147. The van der Waals surface area contributed by atoms with Gasteiger partial charge in [0, 0.05) is 17.8 Å². The Morgan fingerprint density at radius 2 is 1.57 bits per heavy atom. The number of carbonyl (C=O) groups is 4. The molecule has 8 nitrogen and oxygen atoms in total. The highest BCUT2D eigenvalue weighted by molar-refractivity contribution is 5.95. The first-order valence-corrected chi connectivity index (χ1v) is 9.29. The highest BCUT2D eigenvalue weighted by atomic mass is 16.5. The van der Waals surface area contributed by atoms with Gasteiger partial charge in [-0.1, -0.05) is 12.1 Å². The average Bonchev–Trinajstić information content (AvgIpc) is 2.73. The van der Waals surface area contributed by atoms with Gasteiger partial charge in [-0.2, -0.15) is 0 Å². The fourth-order valence-electron chi connectivity index (χ4n) is 2.52. The monoisotopic (exact) mass is 412 g/mol. The number of hydrogen-bond donors (Lipinski definition) is 2. The standard InChI is InChI=1S/C22H24N2O6/c1-14-4-5-15(2)18(12-14)24-19(25)10-11-21(27)30-13-20(26)23-17-8-6-16(7-9-17)22(28)29-3/h4-9,12H,10-11,13H2,1-3H3,(H,23,26)(H,24,25). The van der Waals surface area contributed by atoms with E-state index in [-0.39, 0.29) is 18.7 Å². The number of carbonyl (C=O) groups excluding carboxylic acids is 4. The summed E-state index contributed by atoms with van der Waals surface area (Å²) in [5.74, 6) is -1.98. The molecule has 0 atom stereocenters. The first-order valence-electron chi connectivity index (χ1n) is 9.29. The zero-order valence-corrected chi connectivity index (χ0v) is 17.1. The summed E-state index contributed by atoms with van der Waals surface area (Å²) >= 11 is 0. The molecule has 0 saturated heterocycles. The summed E-state index contributed by atoms with van der Waals surface area (Å²) in [6, 6.07) is 11.8. The summed E-state index contributed by atoms with van der Waals surface area (Å²) in [7, 11) is 1.28. The number of ether oxygens (including phenoxy) is 2. The molecule has 2 amide bonds. The highest BCUT2D eigenvalue weighted by Crippen LogP contribution is 2.16. The van der Waals surface area contributed by atoms with Crippen molar-refractivity contribution in [1.29, 1.82) is 0 Å². The van der Waals surface area contributed by atoms with Crippen LogP contribution in [0, 0.1) is 13.8 Å². The lowest BCUT2D eigenvalue weighted by atomic mass is 10.1. The molecule has 0 unspecified atom stereocenters. The van der Waals surface area contributed by atoms with Crippen LogP contribution in [0.2, 0.25) is 0 Å². The van der Waals surface area contributed by atoms with E-state index in [0.717, 1.165) is 11.1 Å². The number of nitrogens with one attached hydrogen (secondary N) is 2. The minimum absolute atomic E-state index is 0.0528. The molecule has 0 aliphatic heterocycles. The van der Waals surface area contributed by atoms with E-state index < -0.39 is 24.5 Å². The van der Waals surface area contributed by atoms with Crippen LogP contribution in [0.25, 0.3) is 0 Å². The molecule has 0 spiro atoms. The average molecular weight is 412 g/mol. The molecule has 0 aliphatic carbocycles. The minimum Gasteiger partial charge on any atom is -0.465 e. The third-order valence-electron chi connectivity index (χ3n) is 4.18. The molecule has 8 heteroatoms. The molecule has 0 aliphatic rings. The highest BCUT2D eigenvalue weighted by Gasteiger charge is 2.12. The summed E-state index contributed by atoms with van der Waals surface area (Å²) in [5, 5.41) is 5.30. The molecule has 0 saturated carbocycles. The number of benzene rings is 2. The predicted molar refractivity (Wildman–Crippen MR) is 111 cm³/mol. The molecule has 0 bridgehead atoms. The van der Waals surface area contributed by atoms with Gasteiger partial charge in [0.25, 0.3) is 5.91 Å². The van der Waals surface area contributed by atoms with Gasteiger partial charge in [-0.05, 0) is 55.3 Å². The predicted octanol–water partition coefficient (Wildman–Crippen LogP) is 2.99. The maximum Gasteiger partial charge on any atom is 0.337 e. The molecule has 2 aromatic carbocycles. The number of aryl methyl sites for hydroxylation is 2. The van der Waals surface area contributed by atoms with Crippen LogP contribution in [-0.4, -0.2) is 37.5 Å². The number of hydrogen-bond acceptors (Lipinski definition) is 6. The topological polar surface area (TPSA) is 111 Å². The van der Waals surface area contributed by atoms with E-state index in [2.05, 4.69) is 15.4 Å². The van der Waals surface area contributed by atoms with Crippen molar-refractivity contribution in [3.63, 3.8) is 0 Å². The molecule has 2 rings (SSSR count). The molecular formula is C22H24N2O6. The van der Waals surface area contributed by atoms with Gasteiger partial charge in [0.1, 0.15) is 0 Å². The number of methoxy groups -OCH3 is 1. The maximum absolute atomic E-state index is 12.0. The van der Waals surface area contributed by atoms with Crippen molar-refractivity contribution in [2.45, 2.75) is 26.7 Å². The summed E-state index contributed by atoms with van der Waals surface area (Å²) in [4.78, 5) is 47.1. The number of anilines is 2. The van der Waals surface area contributed by atoms with E-state index in [9.17, 15) is 19.2 Å². The Labute approximate surface area is 174 Å². The summed E-state index contributed by atoms with van der Waals surface area (Å²) < 4.78 is 9.49. The van der Waals surface area contributed by atoms with Crippen molar-refractivity contribution in [3.05, 3.63) is 59.2 Å². The Bertz CT molecular complexity index is 937. The van der Waals surface area contributed by atoms with Gasteiger partial charge in [0.15, 0.2) is 6.61 Å². The third kappa shape index (κ3) is 7.05. The van der Waals surface area contributed by atoms with Gasteiger partial charge in [-0.15, -0.1) is 0 Å². The molecule has 0 fully saturated rings. The number of rotatable bonds is 8. The minimum atomic E-state index is -0.651. The zero-order chi connectivity index (χ0) is 22.1. The quantitative estimate of drug-likeness (QED) is 0.645. The van der Waals surface area contributed by atoms with Crippen LogP contribution in [0.4, 0.5) is 11.4 Å². The second-order valence-corrected chi connectivity index (χ2v) is 6.64. The lowest BCUT2D eigenvalue weighted by Crippen LogP contribution is -2.22. The van der Waals surface area contributed by atoms with Crippen molar-refractivity contribution in [1.82, 2.24) is 0 Å². The number of amides is 2. The Balaban J connectivity index is 1.72. The molecule has 30 heavy (non-hydrogen) atoms. The van der Waals surface area contributed by atoms with Gasteiger partial charge in [0.2, 0.25) is 5.91 Å². The van der Waals surface area contributed by atoms with Crippen molar-refractivity contribution in [2.24, 2.45) is 0 Å². The largest absolute Gasteiger partial charge is 0.465 e. The van der Waals surface area contributed by atoms with Crippen LogP contribution < -0.4 is 10.6 Å². The second kappa shape index (κ2) is 10.8. The van der Waals surface area contributed by atoms with E-state index in [1.165, 1.54) is 31.4 Å². The normalized spacial score (nSPS) is 10.1. The molecular weight excluding hydrogens is 388 g/mol. The van der Waals surface area contributed by atoms with Gasteiger partial charge in [-0.3, -0.25) is 14.4 Å². The van der Waals surface area contributed by atoms with Gasteiger partial charge >= 0.3 is 11.9 Å². The van der Waals surface area contributed by atoms with E-state index in [0.29, 0.717) is 16.9 Å². The van der Waals surface area contributed by atoms with E-state index >= 15 is 0 Å². The summed E-state index contributed by atoms with van der Waals surface area (Å²) in [5.41, 5.74) is 3.43. The maximum atomic E-state index is 12.0. The molecule has 0 radical (unpaired) electrons. The van der Waals surface area contributed by atoms with Crippen LogP contribution in [0.3, 0.4) is 0 Å². The summed E-state index contributed by atoms with van der Waals surface area (Å²) in [6.45, 7) is 3.33. The molecule has 2 aromatic rings. The zero-order valence-electron chi connectivity index (χ0n) is 17.1.